The minimum atomic E-state index is -3.60. The van der Waals surface area contributed by atoms with Gasteiger partial charge in [0.1, 0.15) is 0 Å². The highest BCUT2D eigenvalue weighted by Crippen LogP contribution is 2.21. The number of sulfonamides is 1. The topological polar surface area (TPSA) is 109 Å². The molecule has 0 bridgehead atoms. The van der Waals surface area contributed by atoms with E-state index in [-0.39, 0.29) is 10.8 Å². The summed E-state index contributed by atoms with van der Waals surface area (Å²) in [6.45, 7) is 5.76. The van der Waals surface area contributed by atoms with Crippen LogP contribution in [-0.4, -0.2) is 59.8 Å². The Labute approximate surface area is 187 Å². The van der Waals surface area contributed by atoms with Crippen molar-refractivity contribution in [2.45, 2.75) is 25.3 Å². The summed E-state index contributed by atoms with van der Waals surface area (Å²) in [6, 6.07) is 14.1. The third kappa shape index (κ3) is 5.04. The number of hydrogen-bond acceptors (Lipinski definition) is 7. The fourth-order valence-corrected chi connectivity index (χ4v) is 4.94. The predicted octanol–water partition coefficient (Wildman–Crippen LogP) is 2.51. The second-order valence-corrected chi connectivity index (χ2v) is 9.70. The summed E-state index contributed by atoms with van der Waals surface area (Å²) in [5.74, 6) is 0.846. The van der Waals surface area contributed by atoms with Gasteiger partial charge in [0, 0.05) is 44.4 Å². The Morgan fingerprint density at radius 2 is 1.69 bits per heavy atom. The van der Waals surface area contributed by atoms with Crippen LogP contribution in [-0.2, 0) is 21.4 Å². The van der Waals surface area contributed by atoms with Gasteiger partial charge in [-0.3, -0.25) is 9.69 Å². The Bertz CT molecular complexity index is 1180. The van der Waals surface area contributed by atoms with Gasteiger partial charge in [-0.2, -0.15) is 9.29 Å². The largest absolute Gasteiger partial charge is 0.338 e. The number of aromatic nitrogens is 2. The molecule has 1 aliphatic heterocycles. The molecule has 1 saturated heterocycles. The van der Waals surface area contributed by atoms with Crippen LogP contribution in [0.25, 0.3) is 11.4 Å². The molecular formula is C22H25N5O4S. The molecule has 1 aliphatic rings. The zero-order valence-corrected chi connectivity index (χ0v) is 18.8. The Hall–Kier alpha value is -3.08. The highest BCUT2D eigenvalue weighted by atomic mass is 32.2. The highest BCUT2D eigenvalue weighted by Gasteiger charge is 2.29. The van der Waals surface area contributed by atoms with E-state index in [9.17, 15) is 13.2 Å². The van der Waals surface area contributed by atoms with Crippen LogP contribution in [0.2, 0.25) is 0 Å². The molecule has 1 aromatic heterocycles. The molecular weight excluding hydrogens is 430 g/mol. The van der Waals surface area contributed by atoms with E-state index in [0.717, 1.165) is 11.1 Å². The zero-order valence-electron chi connectivity index (χ0n) is 18.0. The molecule has 10 heteroatoms. The zero-order chi connectivity index (χ0) is 22.7. The summed E-state index contributed by atoms with van der Waals surface area (Å²) in [4.78, 5) is 17.9. The number of aryl methyl sites for hydroxylation is 1. The molecule has 32 heavy (non-hydrogen) atoms. The smallest absolute Gasteiger partial charge is 0.243 e. The van der Waals surface area contributed by atoms with Crippen molar-refractivity contribution in [3.63, 3.8) is 0 Å². The number of hydrogen-bond donors (Lipinski definition) is 1. The van der Waals surface area contributed by atoms with Gasteiger partial charge in [-0.15, -0.1) is 0 Å². The molecule has 0 aliphatic carbocycles. The Morgan fingerprint density at radius 3 is 2.31 bits per heavy atom. The molecule has 2 heterocycles. The van der Waals surface area contributed by atoms with Crippen molar-refractivity contribution in [3.8, 4) is 11.4 Å². The molecule has 0 spiro atoms. The molecule has 0 unspecified atom stereocenters. The number of nitrogens with one attached hydrogen (secondary N) is 1. The molecule has 0 atom stereocenters. The van der Waals surface area contributed by atoms with E-state index >= 15 is 0 Å². The van der Waals surface area contributed by atoms with Crippen LogP contribution in [0.4, 0.5) is 5.69 Å². The standard InChI is InChI=1S/C22H25N5O4S/c1-16-3-5-18(6-4-16)22-24-21(31-25-22)15-26-11-13-27(14-12-26)32(29,30)20-9-7-19(8-10-20)23-17(2)28/h3-10H,11-15H2,1-2H3,(H,23,28). The second kappa shape index (κ2) is 9.19. The van der Waals surface area contributed by atoms with Crippen molar-refractivity contribution in [1.82, 2.24) is 19.3 Å². The van der Waals surface area contributed by atoms with E-state index < -0.39 is 10.0 Å². The number of benzene rings is 2. The third-order valence-corrected chi connectivity index (χ3v) is 7.19. The van der Waals surface area contributed by atoms with Crippen molar-refractivity contribution in [2.75, 3.05) is 31.5 Å². The van der Waals surface area contributed by atoms with Gasteiger partial charge in [0.2, 0.25) is 27.6 Å². The summed E-state index contributed by atoms with van der Waals surface area (Å²) in [6.07, 6.45) is 0. The number of amides is 1. The van der Waals surface area contributed by atoms with Crippen LogP contribution in [0.5, 0.6) is 0 Å². The molecule has 0 saturated carbocycles. The van der Waals surface area contributed by atoms with E-state index in [1.807, 2.05) is 31.2 Å². The highest BCUT2D eigenvalue weighted by molar-refractivity contribution is 7.89. The second-order valence-electron chi connectivity index (χ2n) is 7.76. The average molecular weight is 456 g/mol. The van der Waals surface area contributed by atoms with E-state index in [4.69, 9.17) is 4.52 Å². The SMILES string of the molecule is CC(=O)Nc1ccc(S(=O)(=O)N2CCN(Cc3nc(-c4ccc(C)cc4)no3)CC2)cc1. The molecule has 9 nitrogen and oxygen atoms in total. The van der Waals surface area contributed by atoms with Crippen molar-refractivity contribution in [1.29, 1.82) is 0 Å². The molecule has 168 valence electrons. The predicted molar refractivity (Wildman–Crippen MR) is 119 cm³/mol. The molecule has 1 N–H and O–H groups in total. The quantitative estimate of drug-likeness (QED) is 0.608. The first kappa shape index (κ1) is 22.1. The average Bonchev–Trinajstić information content (AvgIpc) is 3.23. The lowest BCUT2D eigenvalue weighted by Crippen LogP contribution is -2.48. The maximum Gasteiger partial charge on any atom is 0.243 e. The number of anilines is 1. The normalized spacial score (nSPS) is 15.6. The van der Waals surface area contributed by atoms with Crippen LogP contribution in [0.1, 0.15) is 18.4 Å². The summed E-state index contributed by atoms with van der Waals surface area (Å²) >= 11 is 0. The number of piperazine rings is 1. The summed E-state index contributed by atoms with van der Waals surface area (Å²) < 4.78 is 32.8. The van der Waals surface area contributed by atoms with Gasteiger partial charge in [0.15, 0.2) is 0 Å². The minimum Gasteiger partial charge on any atom is -0.338 e. The van der Waals surface area contributed by atoms with Gasteiger partial charge in [0.05, 0.1) is 11.4 Å². The van der Waals surface area contributed by atoms with Crippen LogP contribution < -0.4 is 5.32 Å². The van der Waals surface area contributed by atoms with E-state index in [1.165, 1.54) is 23.4 Å². The summed E-state index contributed by atoms with van der Waals surface area (Å²) in [5.41, 5.74) is 2.62. The molecule has 0 radical (unpaired) electrons. The van der Waals surface area contributed by atoms with Gasteiger partial charge in [0.25, 0.3) is 0 Å². The Morgan fingerprint density at radius 1 is 1.03 bits per heavy atom. The lowest BCUT2D eigenvalue weighted by molar-refractivity contribution is -0.114. The number of nitrogens with zero attached hydrogens (tertiary/aromatic N) is 4. The number of carbonyl (C=O) groups excluding carboxylic acids is 1. The van der Waals surface area contributed by atoms with Crippen LogP contribution in [0.15, 0.2) is 57.9 Å². The van der Waals surface area contributed by atoms with E-state index in [0.29, 0.717) is 50.1 Å². The number of rotatable bonds is 6. The Balaban J connectivity index is 1.35. The lowest BCUT2D eigenvalue weighted by Gasteiger charge is -2.33. The fraction of sp³-hybridized carbons (Fsp3) is 0.318. The maximum atomic E-state index is 12.9. The molecule has 3 aromatic rings. The van der Waals surface area contributed by atoms with Crippen LogP contribution in [0, 0.1) is 6.92 Å². The first-order chi connectivity index (χ1) is 15.3. The van der Waals surface area contributed by atoms with Crippen molar-refractivity contribution in [2.24, 2.45) is 0 Å². The third-order valence-electron chi connectivity index (χ3n) is 5.28. The van der Waals surface area contributed by atoms with Crippen LogP contribution in [0.3, 0.4) is 0 Å². The van der Waals surface area contributed by atoms with Crippen molar-refractivity contribution >= 4 is 21.6 Å². The first-order valence-corrected chi connectivity index (χ1v) is 11.7. The monoisotopic (exact) mass is 455 g/mol. The van der Waals surface area contributed by atoms with Gasteiger partial charge in [-0.25, -0.2) is 8.42 Å². The van der Waals surface area contributed by atoms with Gasteiger partial charge >= 0.3 is 0 Å². The Kier molecular flexibility index (Phi) is 6.35. The van der Waals surface area contributed by atoms with E-state index in [2.05, 4.69) is 20.4 Å². The van der Waals surface area contributed by atoms with Crippen molar-refractivity contribution < 1.29 is 17.7 Å². The molecule has 4 rings (SSSR count). The van der Waals surface area contributed by atoms with Gasteiger partial charge in [-0.1, -0.05) is 35.0 Å². The molecule has 2 aromatic carbocycles. The summed E-state index contributed by atoms with van der Waals surface area (Å²) in [7, 11) is -3.60. The summed E-state index contributed by atoms with van der Waals surface area (Å²) in [5, 5.41) is 6.69. The van der Waals surface area contributed by atoms with Gasteiger partial charge < -0.3 is 9.84 Å². The fourth-order valence-electron chi connectivity index (χ4n) is 3.52. The minimum absolute atomic E-state index is 0.205. The van der Waals surface area contributed by atoms with Crippen molar-refractivity contribution in [3.05, 3.63) is 60.0 Å². The van der Waals surface area contributed by atoms with Gasteiger partial charge in [-0.05, 0) is 31.2 Å². The van der Waals surface area contributed by atoms with E-state index in [1.54, 1.807) is 12.1 Å². The van der Waals surface area contributed by atoms with Crippen LogP contribution >= 0.6 is 0 Å². The first-order valence-electron chi connectivity index (χ1n) is 10.3. The molecule has 1 amide bonds. The number of carbonyl (C=O) groups is 1. The lowest BCUT2D eigenvalue weighted by atomic mass is 10.1. The maximum absolute atomic E-state index is 12.9. The molecule has 1 fully saturated rings.